The predicted molar refractivity (Wildman–Crippen MR) is 99.1 cm³/mol. The highest BCUT2D eigenvalue weighted by molar-refractivity contribution is 5.98. The van der Waals surface area contributed by atoms with Gasteiger partial charge in [0.2, 0.25) is 0 Å². The number of carbonyl (C=O) groups excluding carboxylic acids is 1. The lowest BCUT2D eigenvalue weighted by molar-refractivity contribution is -0.142. The molecule has 6 nitrogen and oxygen atoms in total. The van der Waals surface area contributed by atoms with E-state index in [2.05, 4.69) is 0 Å². The van der Waals surface area contributed by atoms with Gasteiger partial charge in [-0.3, -0.25) is 4.79 Å². The van der Waals surface area contributed by atoms with Crippen molar-refractivity contribution in [3.05, 3.63) is 33.9 Å². The van der Waals surface area contributed by atoms with Crippen molar-refractivity contribution < 1.29 is 29.3 Å². The number of phenolic OH excluding ortho intramolecular Hbond substituents is 1. The van der Waals surface area contributed by atoms with Gasteiger partial charge in [-0.05, 0) is 44.1 Å². The summed E-state index contributed by atoms with van der Waals surface area (Å²) >= 11 is 0. The number of carboxylic acids is 1. The Balaban J connectivity index is 1.99. The summed E-state index contributed by atoms with van der Waals surface area (Å²) in [7, 11) is 1.54. The van der Waals surface area contributed by atoms with Gasteiger partial charge in [0.15, 0.2) is 0 Å². The number of ether oxygens (including phenoxy) is 2. The number of carbonyl (C=O) groups is 2. The molecule has 1 aliphatic carbocycles. The third kappa shape index (κ3) is 3.40. The van der Waals surface area contributed by atoms with Crippen molar-refractivity contribution in [3.63, 3.8) is 0 Å². The minimum atomic E-state index is -0.788. The average molecular weight is 374 g/mol. The summed E-state index contributed by atoms with van der Waals surface area (Å²) in [6, 6.07) is 0. The number of rotatable bonds is 5. The molecule has 146 valence electrons. The Bertz CT molecular complexity index is 808. The molecule has 0 spiro atoms. The number of hydrogen-bond acceptors (Lipinski definition) is 5. The van der Waals surface area contributed by atoms with Crippen LogP contribution >= 0.6 is 0 Å². The van der Waals surface area contributed by atoms with Crippen LogP contribution in [0.25, 0.3) is 0 Å². The van der Waals surface area contributed by atoms with Crippen LogP contribution in [0.5, 0.6) is 11.5 Å². The zero-order valence-electron chi connectivity index (χ0n) is 16.0. The summed E-state index contributed by atoms with van der Waals surface area (Å²) in [4.78, 5) is 23.5. The molecule has 2 atom stereocenters. The summed E-state index contributed by atoms with van der Waals surface area (Å²) < 4.78 is 10.6. The summed E-state index contributed by atoms with van der Waals surface area (Å²) in [5.41, 5.74) is 3.34. The maximum atomic E-state index is 12.0. The highest BCUT2D eigenvalue weighted by Gasteiger charge is 2.33. The van der Waals surface area contributed by atoms with Gasteiger partial charge in [0.1, 0.15) is 23.7 Å². The number of allylic oxidation sites excluding steroid dienone is 2. The third-order valence-corrected chi connectivity index (χ3v) is 5.92. The molecule has 1 aliphatic heterocycles. The summed E-state index contributed by atoms with van der Waals surface area (Å²) in [5.74, 6) is -1.28. The third-order valence-electron chi connectivity index (χ3n) is 5.92. The largest absolute Gasteiger partial charge is 0.507 e. The number of carboxylic acid groups (broad SMARTS) is 1. The highest BCUT2D eigenvalue weighted by Crippen LogP contribution is 2.43. The van der Waals surface area contributed by atoms with Gasteiger partial charge in [-0.1, -0.05) is 25.0 Å². The van der Waals surface area contributed by atoms with Crippen molar-refractivity contribution >= 4 is 11.9 Å². The van der Waals surface area contributed by atoms with Crippen LogP contribution in [0, 0.1) is 18.8 Å². The van der Waals surface area contributed by atoms with E-state index in [1.54, 1.807) is 14.0 Å². The van der Waals surface area contributed by atoms with Gasteiger partial charge < -0.3 is 19.7 Å². The quantitative estimate of drug-likeness (QED) is 0.602. The van der Waals surface area contributed by atoms with Crippen LogP contribution in [0.1, 0.15) is 59.7 Å². The first kappa shape index (κ1) is 19.3. The fraction of sp³-hybridized carbons (Fsp3) is 0.524. The smallest absolute Gasteiger partial charge is 0.342 e. The van der Waals surface area contributed by atoms with Crippen molar-refractivity contribution in [3.8, 4) is 11.5 Å². The van der Waals surface area contributed by atoms with Crippen molar-refractivity contribution in [1.82, 2.24) is 0 Å². The summed E-state index contributed by atoms with van der Waals surface area (Å²) in [5, 5.41) is 20.1. The van der Waals surface area contributed by atoms with Crippen molar-refractivity contribution in [2.75, 3.05) is 7.11 Å². The number of phenols is 1. The van der Waals surface area contributed by atoms with Gasteiger partial charge in [0.25, 0.3) is 0 Å². The molecule has 1 heterocycles. The van der Waals surface area contributed by atoms with Crippen LogP contribution in [0.3, 0.4) is 0 Å². The topological polar surface area (TPSA) is 93.1 Å². The average Bonchev–Trinajstić information content (AvgIpc) is 3.05. The molecular weight excluding hydrogens is 348 g/mol. The number of aliphatic carboxylic acids is 1. The second-order valence-corrected chi connectivity index (χ2v) is 7.38. The van der Waals surface area contributed by atoms with Gasteiger partial charge in [-0.25, -0.2) is 4.79 Å². The van der Waals surface area contributed by atoms with Crippen LogP contribution in [-0.4, -0.2) is 29.3 Å². The molecule has 3 rings (SSSR count). The van der Waals surface area contributed by atoms with Gasteiger partial charge in [0, 0.05) is 11.1 Å². The molecular formula is C21H26O6. The van der Waals surface area contributed by atoms with Crippen molar-refractivity contribution in [2.24, 2.45) is 11.8 Å². The zero-order chi connectivity index (χ0) is 19.7. The van der Waals surface area contributed by atoms with E-state index in [-0.39, 0.29) is 23.8 Å². The minimum absolute atomic E-state index is 0.00452. The normalized spacial score (nSPS) is 21.7. The second-order valence-electron chi connectivity index (χ2n) is 7.38. The Morgan fingerprint density at radius 1 is 1.41 bits per heavy atom. The van der Waals surface area contributed by atoms with Crippen LogP contribution in [0.2, 0.25) is 0 Å². The number of aromatic hydroxyl groups is 1. The molecule has 1 aromatic carbocycles. The number of cyclic esters (lactones) is 1. The molecule has 0 saturated heterocycles. The van der Waals surface area contributed by atoms with E-state index in [0.29, 0.717) is 23.3 Å². The van der Waals surface area contributed by atoms with Crippen LogP contribution in [0.4, 0.5) is 0 Å². The predicted octanol–water partition coefficient (Wildman–Crippen LogP) is 3.76. The molecule has 1 fully saturated rings. The second kappa shape index (κ2) is 7.62. The Morgan fingerprint density at radius 3 is 2.81 bits per heavy atom. The molecule has 1 saturated carbocycles. The molecule has 27 heavy (non-hydrogen) atoms. The first-order chi connectivity index (χ1) is 12.9. The monoisotopic (exact) mass is 374 g/mol. The number of hydrogen-bond donors (Lipinski definition) is 2. The Morgan fingerprint density at radius 2 is 2.15 bits per heavy atom. The molecule has 0 radical (unpaired) electrons. The summed E-state index contributed by atoms with van der Waals surface area (Å²) in [6.45, 7) is 3.74. The maximum absolute atomic E-state index is 12.0. The SMILES string of the molecule is COc1c(C)c2c(c(O)c1C/C=C1\CCCC[C@H]1[C@H](C)C(=O)O)C(=O)OC2. The fourth-order valence-corrected chi connectivity index (χ4v) is 4.32. The van der Waals surface area contributed by atoms with E-state index in [4.69, 9.17) is 9.47 Å². The number of benzene rings is 1. The summed E-state index contributed by atoms with van der Waals surface area (Å²) in [6.07, 6.45) is 6.17. The van der Waals surface area contributed by atoms with E-state index in [1.807, 2.05) is 13.0 Å². The zero-order valence-corrected chi connectivity index (χ0v) is 16.0. The van der Waals surface area contributed by atoms with Crippen LogP contribution in [0.15, 0.2) is 11.6 Å². The van der Waals surface area contributed by atoms with E-state index in [9.17, 15) is 19.8 Å². The molecule has 0 bridgehead atoms. The lowest BCUT2D eigenvalue weighted by atomic mass is 9.76. The van der Waals surface area contributed by atoms with Gasteiger partial charge in [0.05, 0.1) is 13.0 Å². The number of methoxy groups -OCH3 is 1. The van der Waals surface area contributed by atoms with E-state index in [0.717, 1.165) is 36.8 Å². The molecule has 1 aromatic rings. The first-order valence-corrected chi connectivity index (χ1v) is 9.36. The van der Waals surface area contributed by atoms with E-state index < -0.39 is 17.9 Å². The lowest BCUT2D eigenvalue weighted by Gasteiger charge is -2.28. The van der Waals surface area contributed by atoms with Crippen LogP contribution in [-0.2, 0) is 22.6 Å². The van der Waals surface area contributed by atoms with E-state index in [1.165, 1.54) is 0 Å². The van der Waals surface area contributed by atoms with Crippen LogP contribution < -0.4 is 4.74 Å². The molecule has 2 aliphatic rings. The van der Waals surface area contributed by atoms with Crippen molar-refractivity contribution in [2.45, 2.75) is 52.6 Å². The Kier molecular flexibility index (Phi) is 5.44. The molecule has 0 unspecified atom stereocenters. The lowest BCUT2D eigenvalue weighted by Crippen LogP contribution is -2.24. The van der Waals surface area contributed by atoms with Gasteiger partial charge in [-0.2, -0.15) is 0 Å². The fourth-order valence-electron chi connectivity index (χ4n) is 4.32. The first-order valence-electron chi connectivity index (χ1n) is 9.36. The maximum Gasteiger partial charge on any atom is 0.342 e. The van der Waals surface area contributed by atoms with Gasteiger partial charge in [-0.15, -0.1) is 0 Å². The number of fused-ring (bicyclic) bond motifs is 1. The van der Waals surface area contributed by atoms with Gasteiger partial charge >= 0.3 is 11.9 Å². The minimum Gasteiger partial charge on any atom is -0.507 e. The molecule has 6 heteroatoms. The molecule has 0 amide bonds. The molecule has 2 N–H and O–H groups in total. The Labute approximate surface area is 158 Å². The Hall–Kier alpha value is -2.50. The molecule has 0 aromatic heterocycles. The number of esters is 1. The standard InChI is InChI=1S/C21H26O6/c1-11-16-10-27-21(25)17(16)18(22)15(19(11)26-3)9-8-13-6-4-5-7-14(13)12(2)20(23)24/h8,12,14,22H,4-7,9-10H2,1-3H3,(H,23,24)/b13-8+/t12-,14-/m0/s1. The highest BCUT2D eigenvalue weighted by atomic mass is 16.5. The van der Waals surface area contributed by atoms with Crippen molar-refractivity contribution in [1.29, 1.82) is 0 Å². The van der Waals surface area contributed by atoms with E-state index >= 15 is 0 Å².